The molecule has 4 rings (SSSR count). The molecule has 0 atom stereocenters. The highest BCUT2D eigenvalue weighted by atomic mass is 16.5. The second-order valence-electron chi connectivity index (χ2n) is 10.9. The molecular weight excluding hydrogens is 687 g/mol. The molecule has 4 aromatic rings. The van der Waals surface area contributed by atoms with E-state index >= 15 is 0 Å². The Balaban J connectivity index is -0.000000372. The molecule has 0 aliphatic heterocycles. The van der Waals surface area contributed by atoms with E-state index in [1.807, 2.05) is 143 Å². The molecule has 0 unspecified atom stereocenters. The van der Waals surface area contributed by atoms with E-state index in [4.69, 9.17) is 14.6 Å². The van der Waals surface area contributed by atoms with Crippen LogP contribution in [0.15, 0.2) is 60.7 Å². The number of carbonyl (C=O) groups is 1. The Morgan fingerprint density at radius 1 is 0.527 bits per heavy atom. The van der Waals surface area contributed by atoms with Crippen LogP contribution in [0.3, 0.4) is 0 Å². The van der Waals surface area contributed by atoms with Gasteiger partial charge in [0.2, 0.25) is 5.91 Å². The third-order valence-electron chi connectivity index (χ3n) is 7.08. The number of aryl methyl sites for hydroxylation is 7. The van der Waals surface area contributed by atoms with E-state index in [-0.39, 0.29) is 24.0 Å². The first kappa shape index (κ1) is 57.2. The molecule has 7 heteroatoms. The lowest BCUT2D eigenvalue weighted by molar-refractivity contribution is -0.119. The van der Waals surface area contributed by atoms with Gasteiger partial charge >= 0.3 is 0 Å². The van der Waals surface area contributed by atoms with Gasteiger partial charge in [0.25, 0.3) is 0 Å². The molecule has 0 fully saturated rings. The van der Waals surface area contributed by atoms with Gasteiger partial charge in [-0.2, -0.15) is 0 Å². The van der Waals surface area contributed by atoms with E-state index < -0.39 is 0 Å². The van der Waals surface area contributed by atoms with Crippen LogP contribution in [0.2, 0.25) is 0 Å². The first-order chi connectivity index (χ1) is 26.4. The lowest BCUT2D eigenvalue weighted by atomic mass is 10.0. The molecule has 0 bridgehead atoms. The quantitative estimate of drug-likeness (QED) is 0.135. The summed E-state index contributed by atoms with van der Waals surface area (Å²) in [5, 5.41) is 30.7. The monoisotopic (exact) mass is 766 g/mol. The maximum Gasteiger partial charge on any atom is 0.224 e. The number of hydrogen-bond donors (Lipinski definition) is 4. The molecule has 1 amide bonds. The fourth-order valence-corrected chi connectivity index (χ4v) is 4.82. The highest BCUT2D eigenvalue weighted by Gasteiger charge is 2.11. The number of ether oxygens (including phenoxy) is 2. The molecule has 0 saturated carbocycles. The maximum absolute atomic E-state index is 11.5. The minimum atomic E-state index is -0.0124. The third kappa shape index (κ3) is 21.9. The van der Waals surface area contributed by atoms with E-state index in [1.165, 1.54) is 5.56 Å². The third-order valence-corrected chi connectivity index (χ3v) is 7.08. The predicted octanol–water partition coefficient (Wildman–Crippen LogP) is 13.6. The smallest absolute Gasteiger partial charge is 0.224 e. The maximum atomic E-state index is 11.5. The van der Waals surface area contributed by atoms with E-state index in [0.717, 1.165) is 69.0 Å². The highest BCUT2D eigenvalue weighted by molar-refractivity contribution is 5.78. The van der Waals surface area contributed by atoms with Crippen molar-refractivity contribution in [1.82, 2.24) is 5.32 Å². The summed E-state index contributed by atoms with van der Waals surface area (Å²) >= 11 is 0. The van der Waals surface area contributed by atoms with Crippen molar-refractivity contribution in [2.75, 3.05) is 13.7 Å². The van der Waals surface area contributed by atoms with Gasteiger partial charge in [-0.05, 0) is 135 Å². The topological polar surface area (TPSA) is 108 Å². The molecular formula is C48H79NO6. The predicted molar refractivity (Wildman–Crippen MR) is 239 cm³/mol. The van der Waals surface area contributed by atoms with Crippen molar-refractivity contribution in [3.8, 4) is 34.5 Å². The SMILES string of the molecule is CC.CC.CC.CC.CC.CC.CNC(=O)Cc1cc(C)c(Oc2ccc(O)c(C)c2)c(C)c1.Cc1cc(Oc2c(C)cc(CCCO)cc2C)ccc1O. The Labute approximate surface area is 337 Å². The summed E-state index contributed by atoms with van der Waals surface area (Å²) in [6.45, 7) is 35.9. The second-order valence-corrected chi connectivity index (χ2v) is 10.9. The molecule has 0 spiro atoms. The van der Waals surface area contributed by atoms with Gasteiger partial charge in [-0.25, -0.2) is 0 Å². The number of amides is 1. The summed E-state index contributed by atoms with van der Waals surface area (Å²) in [4.78, 5) is 11.5. The van der Waals surface area contributed by atoms with Crippen LogP contribution < -0.4 is 14.8 Å². The number of aliphatic hydroxyl groups is 1. The number of benzene rings is 4. The van der Waals surface area contributed by atoms with Crippen molar-refractivity contribution in [1.29, 1.82) is 0 Å². The van der Waals surface area contributed by atoms with Crippen LogP contribution in [0.5, 0.6) is 34.5 Å². The molecule has 55 heavy (non-hydrogen) atoms. The van der Waals surface area contributed by atoms with Crippen molar-refractivity contribution in [2.45, 2.75) is 144 Å². The number of carbonyl (C=O) groups excluding carboxylic acids is 1. The number of likely N-dealkylation sites (N-methyl/N-ethyl adjacent to an activating group) is 1. The molecule has 312 valence electrons. The summed E-state index contributed by atoms with van der Waals surface area (Å²) in [5.41, 5.74) is 7.85. The molecule has 0 heterocycles. The van der Waals surface area contributed by atoms with Gasteiger partial charge in [0.05, 0.1) is 6.42 Å². The van der Waals surface area contributed by atoms with Gasteiger partial charge < -0.3 is 30.1 Å². The molecule has 0 aliphatic rings. The van der Waals surface area contributed by atoms with Crippen LogP contribution >= 0.6 is 0 Å². The fourth-order valence-electron chi connectivity index (χ4n) is 4.82. The van der Waals surface area contributed by atoms with Crippen molar-refractivity contribution >= 4 is 5.91 Å². The van der Waals surface area contributed by atoms with Gasteiger partial charge in [-0.1, -0.05) is 107 Å². The van der Waals surface area contributed by atoms with Crippen LogP contribution in [0.1, 0.15) is 134 Å². The van der Waals surface area contributed by atoms with Gasteiger partial charge in [0.15, 0.2) is 0 Å². The first-order valence-corrected chi connectivity index (χ1v) is 20.4. The number of phenolic OH excluding ortho intramolecular Hbond substituents is 2. The number of nitrogens with one attached hydrogen (secondary N) is 1. The Kier molecular flexibility index (Phi) is 36.7. The van der Waals surface area contributed by atoms with Crippen LogP contribution in [-0.2, 0) is 17.6 Å². The molecule has 4 aromatic carbocycles. The summed E-state index contributed by atoms with van der Waals surface area (Å²) in [7, 11) is 1.63. The zero-order chi connectivity index (χ0) is 43.7. The Hall–Kier alpha value is -4.49. The average molecular weight is 766 g/mol. The number of aromatic hydroxyl groups is 2. The van der Waals surface area contributed by atoms with Crippen molar-refractivity contribution < 1.29 is 29.6 Å². The largest absolute Gasteiger partial charge is 0.508 e. The first-order valence-electron chi connectivity index (χ1n) is 20.4. The highest BCUT2D eigenvalue weighted by Crippen LogP contribution is 2.33. The number of aliphatic hydroxyl groups excluding tert-OH is 1. The molecule has 0 aromatic heterocycles. The zero-order valence-electron chi connectivity index (χ0n) is 38.2. The molecule has 7 nitrogen and oxygen atoms in total. The normalized spacial score (nSPS) is 8.87. The van der Waals surface area contributed by atoms with E-state index in [1.54, 1.807) is 37.4 Å². The van der Waals surface area contributed by atoms with Crippen molar-refractivity contribution in [2.24, 2.45) is 0 Å². The Bertz CT molecular complexity index is 1530. The van der Waals surface area contributed by atoms with Crippen LogP contribution in [0.25, 0.3) is 0 Å². The lowest BCUT2D eigenvalue weighted by Gasteiger charge is -2.14. The fraction of sp³-hybridized carbons (Fsp3) is 0.479. The minimum absolute atomic E-state index is 0.0124. The Morgan fingerprint density at radius 2 is 0.855 bits per heavy atom. The molecule has 4 N–H and O–H groups in total. The second kappa shape index (κ2) is 35.2. The number of hydrogen-bond acceptors (Lipinski definition) is 6. The summed E-state index contributed by atoms with van der Waals surface area (Å²) in [6.07, 6.45) is 2.00. The Morgan fingerprint density at radius 3 is 1.15 bits per heavy atom. The summed E-state index contributed by atoms with van der Waals surface area (Å²) in [5.74, 6) is 3.55. The van der Waals surface area contributed by atoms with Gasteiger partial charge in [0.1, 0.15) is 34.5 Å². The van der Waals surface area contributed by atoms with E-state index in [9.17, 15) is 15.0 Å². The van der Waals surface area contributed by atoms with Gasteiger partial charge in [-0.15, -0.1) is 0 Å². The molecule has 0 radical (unpaired) electrons. The average Bonchev–Trinajstić information content (AvgIpc) is 3.21. The van der Waals surface area contributed by atoms with Crippen LogP contribution in [0.4, 0.5) is 0 Å². The van der Waals surface area contributed by atoms with Crippen LogP contribution in [-0.4, -0.2) is 34.9 Å². The van der Waals surface area contributed by atoms with Crippen molar-refractivity contribution in [3.63, 3.8) is 0 Å². The lowest BCUT2D eigenvalue weighted by Crippen LogP contribution is -2.20. The van der Waals surface area contributed by atoms with E-state index in [0.29, 0.717) is 12.2 Å². The summed E-state index contributed by atoms with van der Waals surface area (Å²) in [6, 6.07) is 18.5. The zero-order valence-corrected chi connectivity index (χ0v) is 38.2. The summed E-state index contributed by atoms with van der Waals surface area (Å²) < 4.78 is 11.9. The number of rotatable bonds is 9. The van der Waals surface area contributed by atoms with Gasteiger partial charge in [0, 0.05) is 13.7 Å². The molecule has 0 saturated heterocycles. The number of phenols is 2. The van der Waals surface area contributed by atoms with Crippen molar-refractivity contribution in [3.05, 3.63) is 105 Å². The molecule has 0 aliphatic carbocycles. The minimum Gasteiger partial charge on any atom is -0.508 e. The van der Waals surface area contributed by atoms with E-state index in [2.05, 4.69) is 17.4 Å². The van der Waals surface area contributed by atoms with Crippen LogP contribution in [0, 0.1) is 41.5 Å². The van der Waals surface area contributed by atoms with Gasteiger partial charge in [-0.3, -0.25) is 4.79 Å². The standard InChI is InChI=1S/C18H21NO3.C18H22O3.6C2H6/c1-11-9-15(5-6-16(11)20)22-18-12(2)7-14(8-13(18)3)10-17(21)19-4;1-12-11-16(6-7-17(12)20)21-18-13(2)9-15(5-4-8-19)10-14(18)3;6*1-2/h5-9,20H,10H2,1-4H3,(H,19,21);6-7,9-11,19-20H,4-5,8H2,1-3H3;6*1-2H3.